The second-order valence-electron chi connectivity index (χ2n) is 3.65. The number of methoxy groups -OCH3 is 1. The Bertz CT molecular complexity index is 517. The molecule has 0 saturated heterocycles. The quantitative estimate of drug-likeness (QED) is 0.739. The van der Waals surface area contributed by atoms with Gasteiger partial charge >= 0.3 is 5.97 Å². The SMILES string of the molecule is COC(=O)CCn1nc2ccccc2c1C. The third-order valence-corrected chi connectivity index (χ3v) is 2.66. The van der Waals surface area contributed by atoms with Gasteiger partial charge in [0.05, 0.1) is 25.6 Å². The van der Waals surface area contributed by atoms with Gasteiger partial charge in [0.1, 0.15) is 0 Å². The molecule has 0 aliphatic heterocycles. The maximum atomic E-state index is 11.0. The molecule has 4 nitrogen and oxygen atoms in total. The first kappa shape index (κ1) is 10.7. The van der Waals surface area contributed by atoms with E-state index in [1.165, 1.54) is 7.11 Å². The summed E-state index contributed by atoms with van der Waals surface area (Å²) in [6, 6.07) is 7.95. The maximum absolute atomic E-state index is 11.0. The topological polar surface area (TPSA) is 44.1 Å². The van der Waals surface area contributed by atoms with Gasteiger partial charge in [-0.3, -0.25) is 9.48 Å². The molecule has 0 aliphatic carbocycles. The Kier molecular flexibility index (Phi) is 2.90. The molecule has 84 valence electrons. The molecule has 1 aromatic carbocycles. The van der Waals surface area contributed by atoms with Crippen molar-refractivity contribution < 1.29 is 9.53 Å². The van der Waals surface area contributed by atoms with Crippen molar-refractivity contribution in [2.24, 2.45) is 0 Å². The smallest absolute Gasteiger partial charge is 0.307 e. The Labute approximate surface area is 93.8 Å². The van der Waals surface area contributed by atoms with Crippen molar-refractivity contribution in [2.75, 3.05) is 7.11 Å². The average molecular weight is 218 g/mol. The minimum atomic E-state index is -0.209. The summed E-state index contributed by atoms with van der Waals surface area (Å²) in [5, 5.41) is 5.56. The molecule has 4 heteroatoms. The fourth-order valence-corrected chi connectivity index (χ4v) is 1.73. The molecule has 2 rings (SSSR count). The fraction of sp³-hybridized carbons (Fsp3) is 0.333. The van der Waals surface area contributed by atoms with Crippen LogP contribution in [0.2, 0.25) is 0 Å². The second kappa shape index (κ2) is 4.35. The molecule has 0 radical (unpaired) electrons. The van der Waals surface area contributed by atoms with E-state index in [0.29, 0.717) is 13.0 Å². The molecule has 0 bridgehead atoms. The van der Waals surface area contributed by atoms with E-state index in [2.05, 4.69) is 9.84 Å². The van der Waals surface area contributed by atoms with Crippen molar-refractivity contribution in [3.63, 3.8) is 0 Å². The zero-order chi connectivity index (χ0) is 11.5. The number of aromatic nitrogens is 2. The predicted octanol–water partition coefficient (Wildman–Crippen LogP) is 1.91. The first-order valence-electron chi connectivity index (χ1n) is 5.21. The predicted molar refractivity (Wildman–Crippen MR) is 61.1 cm³/mol. The monoisotopic (exact) mass is 218 g/mol. The van der Waals surface area contributed by atoms with Crippen LogP contribution in [-0.2, 0) is 16.1 Å². The number of rotatable bonds is 3. The van der Waals surface area contributed by atoms with Gasteiger partial charge < -0.3 is 4.74 Å². The van der Waals surface area contributed by atoms with Gasteiger partial charge in [0.2, 0.25) is 0 Å². The summed E-state index contributed by atoms with van der Waals surface area (Å²) >= 11 is 0. The van der Waals surface area contributed by atoms with E-state index in [0.717, 1.165) is 16.6 Å². The first-order chi connectivity index (χ1) is 7.72. The van der Waals surface area contributed by atoms with E-state index in [1.807, 2.05) is 35.9 Å². The summed E-state index contributed by atoms with van der Waals surface area (Å²) in [6.45, 7) is 2.57. The number of aryl methyl sites for hydroxylation is 2. The highest BCUT2D eigenvalue weighted by atomic mass is 16.5. The van der Waals surface area contributed by atoms with E-state index in [1.54, 1.807) is 0 Å². The van der Waals surface area contributed by atoms with Crippen LogP contribution in [-0.4, -0.2) is 22.9 Å². The van der Waals surface area contributed by atoms with Crippen molar-refractivity contribution in [3.05, 3.63) is 30.0 Å². The number of fused-ring (bicyclic) bond motifs is 1. The molecule has 2 aromatic rings. The third kappa shape index (κ3) is 1.91. The Morgan fingerprint density at radius 2 is 2.19 bits per heavy atom. The Hall–Kier alpha value is -1.84. The zero-order valence-electron chi connectivity index (χ0n) is 9.43. The molecule has 0 fully saturated rings. The number of ether oxygens (including phenoxy) is 1. The molecule has 0 atom stereocenters. The minimum absolute atomic E-state index is 0.209. The summed E-state index contributed by atoms with van der Waals surface area (Å²) in [5.41, 5.74) is 2.05. The van der Waals surface area contributed by atoms with Gasteiger partial charge in [-0.05, 0) is 13.0 Å². The van der Waals surface area contributed by atoms with Crippen molar-refractivity contribution >= 4 is 16.9 Å². The lowest BCUT2D eigenvalue weighted by Gasteiger charge is -2.02. The van der Waals surface area contributed by atoms with Crippen LogP contribution in [0.25, 0.3) is 10.9 Å². The van der Waals surface area contributed by atoms with Crippen LogP contribution in [0.1, 0.15) is 12.1 Å². The Balaban J connectivity index is 2.24. The van der Waals surface area contributed by atoms with Crippen LogP contribution in [0.5, 0.6) is 0 Å². The molecule has 0 unspecified atom stereocenters. The number of hydrogen-bond acceptors (Lipinski definition) is 3. The van der Waals surface area contributed by atoms with Crippen molar-refractivity contribution in [1.82, 2.24) is 9.78 Å². The highest BCUT2D eigenvalue weighted by molar-refractivity contribution is 5.81. The standard InChI is InChI=1S/C12H14N2O2/c1-9-10-5-3-4-6-11(10)13-14(9)8-7-12(15)16-2/h3-6H,7-8H2,1-2H3. The fourth-order valence-electron chi connectivity index (χ4n) is 1.73. The van der Waals surface area contributed by atoms with Gasteiger partial charge in [-0.25, -0.2) is 0 Å². The summed E-state index contributed by atoms with van der Waals surface area (Å²) < 4.78 is 6.45. The summed E-state index contributed by atoms with van der Waals surface area (Å²) in [4.78, 5) is 11.0. The first-order valence-corrected chi connectivity index (χ1v) is 5.21. The van der Waals surface area contributed by atoms with Gasteiger partial charge in [0, 0.05) is 11.1 Å². The van der Waals surface area contributed by atoms with E-state index < -0.39 is 0 Å². The molecule has 0 aliphatic rings. The van der Waals surface area contributed by atoms with Crippen LogP contribution < -0.4 is 0 Å². The van der Waals surface area contributed by atoms with E-state index in [-0.39, 0.29) is 5.97 Å². The van der Waals surface area contributed by atoms with Gasteiger partial charge in [-0.15, -0.1) is 0 Å². The van der Waals surface area contributed by atoms with E-state index in [9.17, 15) is 4.79 Å². The molecule has 0 spiro atoms. The number of carbonyl (C=O) groups is 1. The van der Waals surface area contributed by atoms with Crippen molar-refractivity contribution in [2.45, 2.75) is 19.9 Å². The zero-order valence-corrected chi connectivity index (χ0v) is 9.43. The Morgan fingerprint density at radius 1 is 1.44 bits per heavy atom. The van der Waals surface area contributed by atoms with Crippen LogP contribution in [0.15, 0.2) is 24.3 Å². The molecule has 16 heavy (non-hydrogen) atoms. The lowest BCUT2D eigenvalue weighted by Crippen LogP contribution is -2.09. The molecular weight excluding hydrogens is 204 g/mol. The van der Waals surface area contributed by atoms with Gasteiger partial charge in [0.25, 0.3) is 0 Å². The normalized spacial score (nSPS) is 10.6. The van der Waals surface area contributed by atoms with Crippen LogP contribution in [0.3, 0.4) is 0 Å². The van der Waals surface area contributed by atoms with Crippen molar-refractivity contribution in [3.8, 4) is 0 Å². The molecule has 1 heterocycles. The summed E-state index contributed by atoms with van der Waals surface area (Å²) in [5.74, 6) is -0.209. The lowest BCUT2D eigenvalue weighted by molar-refractivity contribution is -0.140. The molecule has 0 saturated carbocycles. The van der Waals surface area contributed by atoms with Crippen LogP contribution in [0.4, 0.5) is 0 Å². The van der Waals surface area contributed by atoms with Crippen LogP contribution >= 0.6 is 0 Å². The largest absolute Gasteiger partial charge is 0.469 e. The molecule has 1 aromatic heterocycles. The number of esters is 1. The molecule has 0 amide bonds. The van der Waals surface area contributed by atoms with E-state index in [4.69, 9.17) is 0 Å². The number of benzene rings is 1. The van der Waals surface area contributed by atoms with Gasteiger partial charge in [-0.1, -0.05) is 18.2 Å². The highest BCUT2D eigenvalue weighted by Crippen LogP contribution is 2.17. The van der Waals surface area contributed by atoms with Crippen LogP contribution in [0, 0.1) is 6.92 Å². The maximum Gasteiger partial charge on any atom is 0.307 e. The minimum Gasteiger partial charge on any atom is -0.469 e. The second-order valence-corrected chi connectivity index (χ2v) is 3.65. The van der Waals surface area contributed by atoms with Crippen molar-refractivity contribution in [1.29, 1.82) is 0 Å². The summed E-state index contributed by atoms with van der Waals surface area (Å²) in [7, 11) is 1.40. The highest BCUT2D eigenvalue weighted by Gasteiger charge is 2.08. The van der Waals surface area contributed by atoms with E-state index >= 15 is 0 Å². The van der Waals surface area contributed by atoms with Gasteiger partial charge in [-0.2, -0.15) is 5.10 Å². The average Bonchev–Trinajstić information content (AvgIpc) is 2.64. The lowest BCUT2D eigenvalue weighted by atomic mass is 10.2. The summed E-state index contributed by atoms with van der Waals surface area (Å²) in [6.07, 6.45) is 0.353. The third-order valence-electron chi connectivity index (χ3n) is 2.66. The number of hydrogen-bond donors (Lipinski definition) is 0. The van der Waals surface area contributed by atoms with Gasteiger partial charge in [0.15, 0.2) is 0 Å². The molecular formula is C12H14N2O2. The number of nitrogens with zero attached hydrogens (tertiary/aromatic N) is 2. The molecule has 0 N–H and O–H groups in total. The Morgan fingerprint density at radius 3 is 2.88 bits per heavy atom. The number of carbonyl (C=O) groups excluding carboxylic acids is 1.